The Morgan fingerprint density at radius 2 is 2.10 bits per heavy atom. The van der Waals surface area contributed by atoms with Crippen LogP contribution in [0.3, 0.4) is 0 Å². The molecule has 3 rings (SSSR count). The highest BCUT2D eigenvalue weighted by molar-refractivity contribution is 7.13. The highest BCUT2D eigenvalue weighted by Gasteiger charge is 2.05. The van der Waals surface area contributed by atoms with Crippen LogP contribution in [0.4, 0.5) is 5.69 Å². The van der Waals surface area contributed by atoms with Crippen LogP contribution in [-0.4, -0.2) is 15.1 Å². The van der Waals surface area contributed by atoms with E-state index in [0.717, 1.165) is 22.1 Å². The fourth-order valence-corrected chi connectivity index (χ4v) is 2.60. The van der Waals surface area contributed by atoms with Gasteiger partial charge in [-0.25, -0.2) is 4.98 Å². The molecule has 0 amide bonds. The van der Waals surface area contributed by atoms with Crippen molar-refractivity contribution in [2.24, 2.45) is 0 Å². The molecule has 1 aromatic carbocycles. The van der Waals surface area contributed by atoms with Gasteiger partial charge >= 0.3 is 0 Å². The molecule has 100 valence electrons. The summed E-state index contributed by atoms with van der Waals surface area (Å²) in [6.45, 7) is 0.618. The quantitative estimate of drug-likeness (QED) is 0.769. The van der Waals surface area contributed by atoms with Crippen molar-refractivity contribution in [3.8, 4) is 16.5 Å². The second-order valence-corrected chi connectivity index (χ2v) is 5.12. The number of anilines is 1. The van der Waals surface area contributed by atoms with E-state index in [1.165, 1.54) is 0 Å². The lowest BCUT2D eigenvalue weighted by Crippen LogP contribution is -1.99. The molecule has 2 heterocycles. The van der Waals surface area contributed by atoms with Gasteiger partial charge in [0.2, 0.25) is 0 Å². The van der Waals surface area contributed by atoms with Crippen LogP contribution in [0.25, 0.3) is 10.7 Å². The molecule has 0 bridgehead atoms. The molecule has 0 radical (unpaired) electrons. The molecule has 0 atom stereocenters. The number of rotatable bonds is 4. The van der Waals surface area contributed by atoms with Crippen LogP contribution in [0.5, 0.6) is 5.75 Å². The van der Waals surface area contributed by atoms with E-state index in [0.29, 0.717) is 6.54 Å². The van der Waals surface area contributed by atoms with Crippen LogP contribution < -0.4 is 5.32 Å². The predicted octanol–water partition coefficient (Wildman–Crippen LogP) is 3.52. The number of hydrogen-bond acceptors (Lipinski definition) is 5. The number of hydrogen-bond donors (Lipinski definition) is 2. The van der Waals surface area contributed by atoms with Crippen LogP contribution in [0.1, 0.15) is 5.69 Å². The van der Waals surface area contributed by atoms with Gasteiger partial charge < -0.3 is 10.4 Å². The third-order valence-electron chi connectivity index (χ3n) is 2.76. The number of benzene rings is 1. The normalized spacial score (nSPS) is 10.4. The third-order valence-corrected chi connectivity index (χ3v) is 3.67. The lowest BCUT2D eigenvalue weighted by Gasteiger charge is -2.04. The Hall–Kier alpha value is -2.40. The first-order valence-electron chi connectivity index (χ1n) is 6.20. The largest absolute Gasteiger partial charge is 0.508 e. The summed E-state index contributed by atoms with van der Waals surface area (Å²) in [7, 11) is 0. The fourth-order valence-electron chi connectivity index (χ4n) is 1.80. The standard InChI is InChI=1S/C15H13N3OS/c19-13-5-3-4-11(8-13)17-9-12-10-20-15(18-12)14-6-1-2-7-16-14/h1-8,10,17,19H,9H2. The van der Waals surface area contributed by atoms with Crippen molar-refractivity contribution < 1.29 is 5.11 Å². The Morgan fingerprint density at radius 1 is 1.15 bits per heavy atom. The van der Waals surface area contributed by atoms with Crippen molar-refractivity contribution in [1.82, 2.24) is 9.97 Å². The molecule has 20 heavy (non-hydrogen) atoms. The molecule has 0 aliphatic heterocycles. The first kappa shape index (κ1) is 12.6. The molecule has 2 aromatic heterocycles. The second-order valence-electron chi connectivity index (χ2n) is 4.26. The van der Waals surface area contributed by atoms with Crippen molar-refractivity contribution in [3.05, 3.63) is 59.7 Å². The topological polar surface area (TPSA) is 58.0 Å². The van der Waals surface area contributed by atoms with Gasteiger partial charge in [-0.05, 0) is 24.3 Å². The Bertz CT molecular complexity index is 697. The lowest BCUT2D eigenvalue weighted by atomic mass is 10.3. The average molecular weight is 283 g/mol. The molecule has 0 unspecified atom stereocenters. The van der Waals surface area contributed by atoms with E-state index in [2.05, 4.69) is 15.3 Å². The first-order valence-corrected chi connectivity index (χ1v) is 7.08. The number of phenolic OH excluding ortho intramolecular Hbond substituents is 1. The van der Waals surface area contributed by atoms with Gasteiger partial charge in [-0.2, -0.15) is 0 Å². The Labute approximate surface area is 120 Å². The van der Waals surface area contributed by atoms with E-state index in [-0.39, 0.29) is 5.75 Å². The lowest BCUT2D eigenvalue weighted by molar-refractivity contribution is 0.475. The fraction of sp³-hybridized carbons (Fsp3) is 0.0667. The minimum absolute atomic E-state index is 0.252. The van der Waals surface area contributed by atoms with Gasteiger partial charge in [-0.1, -0.05) is 12.1 Å². The summed E-state index contributed by atoms with van der Waals surface area (Å²) >= 11 is 1.58. The van der Waals surface area contributed by atoms with Gasteiger partial charge in [0.25, 0.3) is 0 Å². The van der Waals surface area contributed by atoms with Crippen molar-refractivity contribution in [2.75, 3.05) is 5.32 Å². The van der Waals surface area contributed by atoms with Crippen molar-refractivity contribution in [3.63, 3.8) is 0 Å². The monoisotopic (exact) mass is 283 g/mol. The van der Waals surface area contributed by atoms with Gasteiger partial charge in [-0.3, -0.25) is 4.98 Å². The molecule has 0 fully saturated rings. The van der Waals surface area contributed by atoms with E-state index in [9.17, 15) is 5.11 Å². The van der Waals surface area contributed by atoms with Gasteiger partial charge in [0.15, 0.2) is 0 Å². The molecular formula is C15H13N3OS. The first-order chi connectivity index (χ1) is 9.81. The zero-order valence-electron chi connectivity index (χ0n) is 10.7. The molecule has 4 nitrogen and oxygen atoms in total. The molecule has 0 aliphatic rings. The van der Waals surface area contributed by atoms with Gasteiger partial charge in [-0.15, -0.1) is 11.3 Å². The Morgan fingerprint density at radius 3 is 2.90 bits per heavy atom. The van der Waals surface area contributed by atoms with E-state index in [4.69, 9.17) is 0 Å². The minimum Gasteiger partial charge on any atom is -0.508 e. The Kier molecular flexibility index (Phi) is 3.60. The highest BCUT2D eigenvalue weighted by Crippen LogP contribution is 2.22. The highest BCUT2D eigenvalue weighted by atomic mass is 32.1. The molecule has 5 heteroatoms. The predicted molar refractivity (Wildman–Crippen MR) is 80.8 cm³/mol. The third kappa shape index (κ3) is 2.95. The molecule has 3 aromatic rings. The second kappa shape index (κ2) is 5.71. The van der Waals surface area contributed by atoms with Crippen molar-refractivity contribution in [2.45, 2.75) is 6.54 Å². The van der Waals surface area contributed by atoms with Gasteiger partial charge in [0, 0.05) is 23.3 Å². The smallest absolute Gasteiger partial charge is 0.142 e. The van der Waals surface area contributed by atoms with E-state index in [1.54, 1.807) is 35.7 Å². The minimum atomic E-state index is 0.252. The van der Waals surface area contributed by atoms with E-state index >= 15 is 0 Å². The summed E-state index contributed by atoms with van der Waals surface area (Å²) in [4.78, 5) is 8.84. The summed E-state index contributed by atoms with van der Waals surface area (Å²) in [6.07, 6.45) is 1.77. The number of phenols is 1. The van der Waals surface area contributed by atoms with Crippen molar-refractivity contribution >= 4 is 17.0 Å². The summed E-state index contributed by atoms with van der Waals surface area (Å²) < 4.78 is 0. The van der Waals surface area contributed by atoms with Crippen LogP contribution >= 0.6 is 11.3 Å². The van der Waals surface area contributed by atoms with Crippen LogP contribution in [0.2, 0.25) is 0 Å². The van der Waals surface area contributed by atoms with Crippen LogP contribution in [0, 0.1) is 0 Å². The average Bonchev–Trinajstić information content (AvgIpc) is 2.95. The van der Waals surface area contributed by atoms with Crippen LogP contribution in [-0.2, 0) is 6.54 Å². The number of pyridine rings is 1. The van der Waals surface area contributed by atoms with Gasteiger partial charge in [0.1, 0.15) is 10.8 Å². The maximum atomic E-state index is 9.40. The maximum Gasteiger partial charge on any atom is 0.142 e. The molecule has 2 N–H and O–H groups in total. The SMILES string of the molecule is Oc1cccc(NCc2csc(-c3ccccn3)n2)c1. The number of aromatic nitrogens is 2. The van der Waals surface area contributed by atoms with Crippen molar-refractivity contribution in [1.29, 1.82) is 0 Å². The number of aromatic hydroxyl groups is 1. The summed E-state index contributed by atoms with van der Waals surface area (Å²) in [6, 6.07) is 12.8. The maximum absolute atomic E-state index is 9.40. The summed E-state index contributed by atoms with van der Waals surface area (Å²) in [5.41, 5.74) is 2.72. The Balaban J connectivity index is 1.69. The molecule has 0 spiro atoms. The molecule has 0 aliphatic carbocycles. The number of thiazole rings is 1. The molecule has 0 saturated carbocycles. The van der Waals surface area contributed by atoms with Crippen LogP contribution in [0.15, 0.2) is 54.0 Å². The molecule has 0 saturated heterocycles. The zero-order valence-corrected chi connectivity index (χ0v) is 11.5. The molecular weight excluding hydrogens is 270 g/mol. The summed E-state index contributed by atoms with van der Waals surface area (Å²) in [5, 5.41) is 15.6. The number of nitrogens with zero attached hydrogens (tertiary/aromatic N) is 2. The van der Waals surface area contributed by atoms with E-state index < -0.39 is 0 Å². The van der Waals surface area contributed by atoms with E-state index in [1.807, 2.05) is 29.6 Å². The zero-order chi connectivity index (χ0) is 13.8. The number of nitrogens with one attached hydrogen (secondary N) is 1. The van der Waals surface area contributed by atoms with Gasteiger partial charge in [0.05, 0.1) is 17.9 Å². The summed E-state index contributed by atoms with van der Waals surface area (Å²) in [5.74, 6) is 0.252.